The lowest BCUT2D eigenvalue weighted by atomic mass is 10.2. The number of nitrogens with one attached hydrogen (secondary N) is 1. The van der Waals surface area contributed by atoms with Crippen molar-refractivity contribution in [3.05, 3.63) is 47.0 Å². The molecule has 26 heavy (non-hydrogen) atoms. The smallest absolute Gasteiger partial charge is 0.221 e. The fourth-order valence-electron chi connectivity index (χ4n) is 2.69. The summed E-state index contributed by atoms with van der Waals surface area (Å²) in [6.07, 6.45) is 1.56. The molecule has 0 fully saturated rings. The second kappa shape index (κ2) is 8.35. The first kappa shape index (κ1) is 18.4. The van der Waals surface area contributed by atoms with Gasteiger partial charge in [0.1, 0.15) is 5.71 Å². The summed E-state index contributed by atoms with van der Waals surface area (Å²) in [6.45, 7) is 1.82. The maximum Gasteiger partial charge on any atom is 0.221 e. The summed E-state index contributed by atoms with van der Waals surface area (Å²) in [4.78, 5) is 12.2. The molecule has 0 radical (unpaired) electrons. The number of H-pyrrole nitrogens is 1. The van der Waals surface area contributed by atoms with Gasteiger partial charge < -0.3 is 19.6 Å². The molecule has 0 unspecified atom stereocenters. The molecule has 0 saturated heterocycles. The zero-order valence-corrected chi connectivity index (χ0v) is 15.5. The van der Waals surface area contributed by atoms with Gasteiger partial charge >= 0.3 is 0 Å². The zero-order chi connectivity index (χ0) is 18.5. The Morgan fingerprint density at radius 3 is 2.77 bits per heavy atom. The molecule has 2 aromatic heterocycles. The van der Waals surface area contributed by atoms with Gasteiger partial charge in [-0.3, -0.25) is 9.56 Å². The molecular formula is C18H21ClN4O3. The quantitative estimate of drug-likeness (QED) is 0.467. The summed E-state index contributed by atoms with van der Waals surface area (Å²) in [6, 6.07) is 7.72. The minimum absolute atomic E-state index is 0.0212. The van der Waals surface area contributed by atoms with Crippen LogP contribution in [-0.4, -0.2) is 59.3 Å². The Labute approximate surface area is 156 Å². The Balaban J connectivity index is 2.07. The Morgan fingerprint density at radius 1 is 1.27 bits per heavy atom. The molecule has 8 heteroatoms. The number of aromatic hydroxyl groups is 1. The average Bonchev–Trinajstić information content (AvgIpc) is 3.18. The van der Waals surface area contributed by atoms with Crippen LogP contribution in [0.25, 0.3) is 10.9 Å². The molecule has 0 atom stereocenters. The van der Waals surface area contributed by atoms with Crippen molar-refractivity contribution in [2.75, 3.05) is 34.0 Å². The molecule has 0 aliphatic carbocycles. The first-order chi connectivity index (χ1) is 12.7. The third kappa shape index (κ3) is 3.60. The van der Waals surface area contributed by atoms with Gasteiger partial charge in [0.25, 0.3) is 0 Å². The van der Waals surface area contributed by atoms with Gasteiger partial charge in [0.15, 0.2) is 5.69 Å². The van der Waals surface area contributed by atoms with Crippen LogP contribution in [0.5, 0.6) is 5.88 Å². The molecule has 138 valence electrons. The number of benzene rings is 1. The van der Waals surface area contributed by atoms with Crippen LogP contribution in [0.15, 0.2) is 35.6 Å². The molecule has 0 amide bonds. The average molecular weight is 377 g/mol. The number of hydrogen-bond donors (Lipinski definition) is 2. The Bertz CT molecular complexity index is 916. The Hall–Kier alpha value is -2.35. The number of halogens is 1. The van der Waals surface area contributed by atoms with Crippen molar-refractivity contribution < 1.29 is 14.6 Å². The van der Waals surface area contributed by atoms with E-state index >= 15 is 0 Å². The first-order valence-electron chi connectivity index (χ1n) is 8.20. The van der Waals surface area contributed by atoms with E-state index in [0.29, 0.717) is 48.4 Å². The number of aliphatic imine (C=N–C) groups is 1. The number of methoxy groups -OCH3 is 2. The minimum Gasteiger partial charge on any atom is -0.493 e. The van der Waals surface area contributed by atoms with E-state index in [0.717, 1.165) is 10.9 Å². The van der Waals surface area contributed by atoms with E-state index in [1.54, 1.807) is 25.1 Å². The van der Waals surface area contributed by atoms with Gasteiger partial charge in [-0.2, -0.15) is 0 Å². The number of hydrogen-bond acceptors (Lipinski definition) is 5. The summed E-state index contributed by atoms with van der Waals surface area (Å²) >= 11 is 6.58. The number of fused-ring (bicyclic) bond motifs is 1. The van der Waals surface area contributed by atoms with Crippen LogP contribution >= 0.6 is 11.6 Å². The third-order valence-corrected chi connectivity index (χ3v) is 4.41. The first-order valence-corrected chi connectivity index (χ1v) is 8.58. The van der Waals surface area contributed by atoms with Gasteiger partial charge in [0.05, 0.1) is 43.3 Å². The Morgan fingerprint density at radius 2 is 2.04 bits per heavy atom. The van der Waals surface area contributed by atoms with E-state index in [2.05, 4.69) is 15.0 Å². The number of imidazole rings is 1. The minimum atomic E-state index is 0.0212. The van der Waals surface area contributed by atoms with Gasteiger partial charge in [-0.05, 0) is 6.07 Å². The molecule has 3 rings (SSSR count). The van der Waals surface area contributed by atoms with E-state index < -0.39 is 0 Å². The molecule has 2 heterocycles. The standard InChI is InChI=1S/C18H21ClN4O3/c1-25-9-7-20-16(17-18(24)23(11-21-17)8-10-26-2)15-14(19)12-5-3-4-6-13(12)22-15/h3-6,11,22,24H,7-10H2,1-2H3. The molecular weight excluding hydrogens is 356 g/mol. The highest BCUT2D eigenvalue weighted by Gasteiger charge is 2.22. The summed E-state index contributed by atoms with van der Waals surface area (Å²) in [5.41, 5.74) is 2.38. The molecule has 0 aliphatic heterocycles. The highest BCUT2D eigenvalue weighted by Crippen LogP contribution is 2.30. The van der Waals surface area contributed by atoms with Crippen LogP contribution in [0.1, 0.15) is 11.4 Å². The van der Waals surface area contributed by atoms with Gasteiger partial charge in [-0.15, -0.1) is 0 Å². The van der Waals surface area contributed by atoms with Crippen LogP contribution < -0.4 is 0 Å². The fourth-order valence-corrected chi connectivity index (χ4v) is 2.99. The van der Waals surface area contributed by atoms with Gasteiger partial charge in [0.2, 0.25) is 5.88 Å². The molecule has 0 bridgehead atoms. The van der Waals surface area contributed by atoms with Crippen LogP contribution in [0.4, 0.5) is 0 Å². The summed E-state index contributed by atoms with van der Waals surface area (Å²) in [5, 5.41) is 12.0. The van der Waals surface area contributed by atoms with Crippen LogP contribution in [0, 0.1) is 0 Å². The predicted octanol–water partition coefficient (Wildman–Crippen LogP) is 2.85. The third-order valence-electron chi connectivity index (χ3n) is 4.02. The van der Waals surface area contributed by atoms with Gasteiger partial charge in [-0.25, -0.2) is 4.98 Å². The van der Waals surface area contributed by atoms with E-state index in [-0.39, 0.29) is 5.88 Å². The lowest BCUT2D eigenvalue weighted by Gasteiger charge is -2.06. The predicted molar refractivity (Wildman–Crippen MR) is 101 cm³/mol. The number of ether oxygens (including phenoxy) is 2. The number of rotatable bonds is 8. The maximum atomic E-state index is 10.6. The summed E-state index contributed by atoms with van der Waals surface area (Å²) < 4.78 is 11.8. The summed E-state index contributed by atoms with van der Waals surface area (Å²) in [5.74, 6) is 0.0212. The SMILES string of the molecule is COCCN=C(c1ncn(CCOC)c1O)c1[nH]c2ccccc2c1Cl. The molecule has 2 N–H and O–H groups in total. The van der Waals surface area contributed by atoms with Crippen molar-refractivity contribution in [1.29, 1.82) is 0 Å². The normalized spacial score (nSPS) is 12.2. The van der Waals surface area contributed by atoms with Crippen molar-refractivity contribution in [1.82, 2.24) is 14.5 Å². The molecule has 3 aromatic rings. The van der Waals surface area contributed by atoms with Crippen LogP contribution in [-0.2, 0) is 16.0 Å². The van der Waals surface area contributed by atoms with Crippen LogP contribution in [0.3, 0.4) is 0 Å². The lowest BCUT2D eigenvalue weighted by molar-refractivity contribution is 0.184. The molecule has 0 saturated carbocycles. The van der Waals surface area contributed by atoms with Gasteiger partial charge in [0, 0.05) is 25.1 Å². The van der Waals surface area contributed by atoms with E-state index in [9.17, 15) is 5.11 Å². The highest BCUT2D eigenvalue weighted by molar-refractivity contribution is 6.40. The Kier molecular flexibility index (Phi) is 5.92. The topological polar surface area (TPSA) is 84.7 Å². The fraction of sp³-hybridized carbons (Fsp3) is 0.333. The maximum absolute atomic E-state index is 10.6. The van der Waals surface area contributed by atoms with Gasteiger partial charge in [-0.1, -0.05) is 29.8 Å². The molecule has 7 nitrogen and oxygen atoms in total. The van der Waals surface area contributed by atoms with E-state index in [1.807, 2.05) is 24.3 Å². The molecule has 1 aromatic carbocycles. The number of aromatic amines is 1. The van der Waals surface area contributed by atoms with Crippen molar-refractivity contribution in [2.45, 2.75) is 6.54 Å². The molecule has 0 spiro atoms. The van der Waals surface area contributed by atoms with Crippen molar-refractivity contribution in [3.8, 4) is 5.88 Å². The van der Waals surface area contributed by atoms with E-state index in [1.165, 1.54) is 0 Å². The number of nitrogens with zero attached hydrogens (tertiary/aromatic N) is 3. The van der Waals surface area contributed by atoms with Crippen molar-refractivity contribution >= 4 is 28.2 Å². The largest absolute Gasteiger partial charge is 0.493 e. The number of para-hydroxylation sites is 1. The lowest BCUT2D eigenvalue weighted by Crippen LogP contribution is -2.09. The highest BCUT2D eigenvalue weighted by atomic mass is 35.5. The van der Waals surface area contributed by atoms with E-state index in [4.69, 9.17) is 21.1 Å². The van der Waals surface area contributed by atoms with Crippen molar-refractivity contribution in [3.63, 3.8) is 0 Å². The second-order valence-electron chi connectivity index (χ2n) is 5.69. The van der Waals surface area contributed by atoms with Crippen molar-refractivity contribution in [2.24, 2.45) is 4.99 Å². The number of aromatic nitrogens is 3. The zero-order valence-electron chi connectivity index (χ0n) is 14.7. The van der Waals surface area contributed by atoms with Crippen LogP contribution in [0.2, 0.25) is 5.02 Å². The second-order valence-corrected chi connectivity index (χ2v) is 6.06. The molecule has 0 aliphatic rings. The summed E-state index contributed by atoms with van der Waals surface area (Å²) in [7, 11) is 3.22. The monoisotopic (exact) mass is 376 g/mol.